The van der Waals surface area contributed by atoms with Gasteiger partial charge in [-0.1, -0.05) is 37.1 Å². The number of hydrogen-bond donors (Lipinski definition) is 1. The molecule has 1 aromatic carbocycles. The van der Waals surface area contributed by atoms with E-state index < -0.39 is 0 Å². The molecule has 16 heavy (non-hydrogen) atoms. The zero-order chi connectivity index (χ0) is 11.0. The topological polar surface area (TPSA) is 12.0 Å². The van der Waals surface area contributed by atoms with Crippen LogP contribution in [-0.4, -0.2) is 12.6 Å². The van der Waals surface area contributed by atoms with E-state index in [1.54, 1.807) is 11.1 Å². The van der Waals surface area contributed by atoms with Crippen LogP contribution in [0.2, 0.25) is 0 Å². The standard InChI is InChI=1S/C15H21N/c1-11(8-12-6-7-12)16-10-14-9-13-4-2-3-5-15(13)14/h2-5,11-12,14,16H,6-10H2,1H3. The van der Waals surface area contributed by atoms with Crippen LogP contribution in [0.25, 0.3) is 0 Å². The molecular formula is C15H21N. The van der Waals surface area contributed by atoms with Crippen molar-refractivity contribution >= 4 is 0 Å². The van der Waals surface area contributed by atoms with E-state index in [0.717, 1.165) is 11.8 Å². The number of benzene rings is 1. The van der Waals surface area contributed by atoms with Gasteiger partial charge in [-0.3, -0.25) is 0 Å². The van der Waals surface area contributed by atoms with Crippen molar-refractivity contribution < 1.29 is 0 Å². The van der Waals surface area contributed by atoms with Crippen LogP contribution in [0, 0.1) is 5.92 Å². The fraction of sp³-hybridized carbons (Fsp3) is 0.600. The highest BCUT2D eigenvalue weighted by Gasteiger charge is 2.27. The number of fused-ring (bicyclic) bond motifs is 1. The van der Waals surface area contributed by atoms with E-state index in [-0.39, 0.29) is 0 Å². The predicted octanol–water partition coefficient (Wildman–Crippen LogP) is 3.10. The molecule has 0 bridgehead atoms. The lowest BCUT2D eigenvalue weighted by Crippen LogP contribution is -2.34. The van der Waals surface area contributed by atoms with Gasteiger partial charge in [-0.25, -0.2) is 0 Å². The molecule has 1 N–H and O–H groups in total. The van der Waals surface area contributed by atoms with Crippen molar-refractivity contribution in [3.8, 4) is 0 Å². The summed E-state index contributed by atoms with van der Waals surface area (Å²) < 4.78 is 0. The highest BCUT2D eigenvalue weighted by Crippen LogP contribution is 2.35. The zero-order valence-corrected chi connectivity index (χ0v) is 10.1. The molecule has 1 fully saturated rings. The van der Waals surface area contributed by atoms with E-state index in [1.807, 2.05) is 0 Å². The summed E-state index contributed by atoms with van der Waals surface area (Å²) in [6.07, 6.45) is 5.60. The van der Waals surface area contributed by atoms with Crippen LogP contribution >= 0.6 is 0 Å². The van der Waals surface area contributed by atoms with Crippen molar-refractivity contribution in [1.29, 1.82) is 0 Å². The van der Waals surface area contributed by atoms with Gasteiger partial charge >= 0.3 is 0 Å². The average molecular weight is 215 g/mol. The molecule has 86 valence electrons. The Bertz CT molecular complexity index is 367. The molecule has 2 atom stereocenters. The van der Waals surface area contributed by atoms with Gasteiger partial charge in [-0.2, -0.15) is 0 Å². The maximum atomic E-state index is 3.70. The molecule has 1 saturated carbocycles. The van der Waals surface area contributed by atoms with Gasteiger partial charge in [0.25, 0.3) is 0 Å². The molecule has 1 aromatic rings. The van der Waals surface area contributed by atoms with Crippen LogP contribution in [-0.2, 0) is 6.42 Å². The fourth-order valence-electron chi connectivity index (χ4n) is 2.83. The third kappa shape index (κ3) is 2.15. The first-order chi connectivity index (χ1) is 7.83. The number of nitrogens with one attached hydrogen (secondary N) is 1. The first-order valence-corrected chi connectivity index (χ1v) is 6.64. The minimum absolute atomic E-state index is 0.709. The van der Waals surface area contributed by atoms with E-state index in [0.29, 0.717) is 6.04 Å². The Kier molecular flexibility index (Phi) is 2.72. The Morgan fingerprint density at radius 1 is 1.31 bits per heavy atom. The first-order valence-electron chi connectivity index (χ1n) is 6.64. The Morgan fingerprint density at radius 2 is 2.12 bits per heavy atom. The Hall–Kier alpha value is -0.820. The van der Waals surface area contributed by atoms with Gasteiger partial charge in [0.1, 0.15) is 0 Å². The van der Waals surface area contributed by atoms with Gasteiger partial charge in [0.2, 0.25) is 0 Å². The molecule has 2 aliphatic carbocycles. The summed E-state index contributed by atoms with van der Waals surface area (Å²) >= 11 is 0. The molecule has 1 nitrogen and oxygen atoms in total. The normalized spacial score (nSPS) is 24.7. The Balaban J connectivity index is 1.46. The van der Waals surface area contributed by atoms with Crippen molar-refractivity contribution in [2.75, 3.05) is 6.54 Å². The predicted molar refractivity (Wildman–Crippen MR) is 67.7 cm³/mol. The Morgan fingerprint density at radius 3 is 2.88 bits per heavy atom. The van der Waals surface area contributed by atoms with Gasteiger partial charge in [-0.15, -0.1) is 0 Å². The third-order valence-electron chi connectivity index (χ3n) is 4.06. The quantitative estimate of drug-likeness (QED) is 0.796. The molecule has 3 rings (SSSR count). The molecule has 0 spiro atoms. The number of hydrogen-bond acceptors (Lipinski definition) is 1. The smallest absolute Gasteiger partial charge is 0.00416 e. The highest BCUT2D eigenvalue weighted by molar-refractivity contribution is 5.40. The van der Waals surface area contributed by atoms with Crippen molar-refractivity contribution in [2.24, 2.45) is 5.92 Å². The lowest BCUT2D eigenvalue weighted by molar-refractivity contribution is 0.446. The lowest BCUT2D eigenvalue weighted by Gasteiger charge is -2.31. The second-order valence-corrected chi connectivity index (χ2v) is 5.59. The molecular weight excluding hydrogens is 194 g/mol. The van der Waals surface area contributed by atoms with Crippen molar-refractivity contribution in [3.63, 3.8) is 0 Å². The van der Waals surface area contributed by atoms with Gasteiger partial charge < -0.3 is 5.32 Å². The van der Waals surface area contributed by atoms with Crippen LogP contribution in [0.4, 0.5) is 0 Å². The van der Waals surface area contributed by atoms with Crippen molar-refractivity contribution in [1.82, 2.24) is 5.32 Å². The van der Waals surface area contributed by atoms with Gasteiger partial charge in [0, 0.05) is 18.5 Å². The second-order valence-electron chi connectivity index (χ2n) is 5.59. The lowest BCUT2D eigenvalue weighted by atomic mass is 9.77. The van der Waals surface area contributed by atoms with Crippen LogP contribution in [0.3, 0.4) is 0 Å². The SMILES string of the molecule is CC(CC1CC1)NCC1Cc2ccccc21. The largest absolute Gasteiger partial charge is 0.314 e. The minimum atomic E-state index is 0.709. The third-order valence-corrected chi connectivity index (χ3v) is 4.06. The summed E-state index contributed by atoms with van der Waals surface area (Å²) in [5.41, 5.74) is 3.14. The van der Waals surface area contributed by atoms with E-state index in [9.17, 15) is 0 Å². The molecule has 0 saturated heterocycles. The van der Waals surface area contributed by atoms with Crippen LogP contribution in [0.15, 0.2) is 24.3 Å². The summed E-state index contributed by atoms with van der Waals surface area (Å²) in [5, 5.41) is 3.70. The molecule has 2 unspecified atom stereocenters. The van der Waals surface area contributed by atoms with Crippen LogP contribution < -0.4 is 5.32 Å². The average Bonchev–Trinajstić information content (AvgIpc) is 3.03. The van der Waals surface area contributed by atoms with E-state index in [2.05, 4.69) is 36.5 Å². The summed E-state index contributed by atoms with van der Waals surface area (Å²) in [6, 6.07) is 9.58. The molecule has 0 aliphatic heterocycles. The molecule has 2 aliphatic rings. The fourth-order valence-corrected chi connectivity index (χ4v) is 2.83. The second kappa shape index (κ2) is 4.21. The summed E-state index contributed by atoms with van der Waals surface area (Å²) in [4.78, 5) is 0. The Labute approximate surface area is 98.3 Å². The molecule has 0 radical (unpaired) electrons. The van der Waals surface area contributed by atoms with Crippen LogP contribution in [0.1, 0.15) is 43.2 Å². The van der Waals surface area contributed by atoms with Crippen molar-refractivity contribution in [2.45, 2.75) is 44.6 Å². The van der Waals surface area contributed by atoms with Gasteiger partial charge in [0.15, 0.2) is 0 Å². The minimum Gasteiger partial charge on any atom is -0.314 e. The van der Waals surface area contributed by atoms with E-state index in [4.69, 9.17) is 0 Å². The highest BCUT2D eigenvalue weighted by atomic mass is 14.9. The molecule has 1 heteroatoms. The molecule has 0 amide bonds. The first kappa shape index (κ1) is 10.3. The summed E-state index contributed by atoms with van der Waals surface area (Å²) in [5.74, 6) is 1.81. The molecule has 0 heterocycles. The van der Waals surface area contributed by atoms with E-state index in [1.165, 1.54) is 32.2 Å². The zero-order valence-electron chi connectivity index (χ0n) is 10.1. The van der Waals surface area contributed by atoms with Gasteiger partial charge in [-0.05, 0) is 36.8 Å². The summed E-state index contributed by atoms with van der Waals surface area (Å²) in [6.45, 7) is 3.51. The summed E-state index contributed by atoms with van der Waals surface area (Å²) in [7, 11) is 0. The maximum absolute atomic E-state index is 3.70. The monoisotopic (exact) mass is 215 g/mol. The van der Waals surface area contributed by atoms with E-state index >= 15 is 0 Å². The number of rotatable bonds is 5. The van der Waals surface area contributed by atoms with Crippen molar-refractivity contribution in [3.05, 3.63) is 35.4 Å². The maximum Gasteiger partial charge on any atom is 0.00416 e. The molecule has 0 aromatic heterocycles. The van der Waals surface area contributed by atoms with Gasteiger partial charge in [0.05, 0.1) is 0 Å². The van der Waals surface area contributed by atoms with Crippen LogP contribution in [0.5, 0.6) is 0 Å².